The number of fused-ring (bicyclic) bond motifs is 14. The Hall–Kier alpha value is -7.30. The van der Waals surface area contributed by atoms with Crippen LogP contribution in [0.25, 0.3) is 120 Å². The highest BCUT2D eigenvalue weighted by molar-refractivity contribution is 6.28. The highest BCUT2D eigenvalue weighted by Crippen LogP contribution is 2.44. The van der Waals surface area contributed by atoms with Crippen LogP contribution in [0.2, 0.25) is 0 Å². The molecule has 0 aliphatic heterocycles. The van der Waals surface area contributed by atoms with Crippen LogP contribution in [0, 0.1) is 0 Å². The van der Waals surface area contributed by atoms with E-state index in [9.17, 15) is 0 Å². The van der Waals surface area contributed by atoms with E-state index in [0.717, 1.165) is 76.5 Å². The van der Waals surface area contributed by atoms with Crippen molar-refractivity contribution < 1.29 is 0 Å². The molecule has 248 valence electrons. The van der Waals surface area contributed by atoms with Crippen molar-refractivity contribution in [3.05, 3.63) is 170 Å². The summed E-state index contributed by atoms with van der Waals surface area (Å²) in [6.07, 6.45) is 3.71. The van der Waals surface area contributed by atoms with Crippen LogP contribution in [0.5, 0.6) is 0 Å². The molecule has 12 rings (SSSR count). The molecule has 0 N–H and O–H groups in total. The summed E-state index contributed by atoms with van der Waals surface area (Å²) in [6, 6.07) is 56.7. The predicted octanol–water partition coefficient (Wildman–Crippen LogP) is 13.0. The van der Waals surface area contributed by atoms with Crippen LogP contribution in [0.1, 0.15) is 0 Å². The highest BCUT2D eigenvalue weighted by atomic mass is 14.8. The Morgan fingerprint density at radius 3 is 1.17 bits per heavy atom. The summed E-state index contributed by atoms with van der Waals surface area (Å²) in [7, 11) is 0. The van der Waals surface area contributed by atoms with Crippen LogP contribution in [0.15, 0.2) is 170 Å². The molecule has 0 atom stereocenters. The maximum Gasteiger partial charge on any atom is 0.0978 e. The lowest BCUT2D eigenvalue weighted by molar-refractivity contribution is 1.40. The largest absolute Gasteiger partial charge is 0.254 e. The van der Waals surface area contributed by atoms with Gasteiger partial charge in [-0.1, -0.05) is 121 Å². The molecule has 0 bridgehead atoms. The summed E-state index contributed by atoms with van der Waals surface area (Å²) in [4.78, 5) is 19.9. The lowest BCUT2D eigenvalue weighted by Crippen LogP contribution is -1.93. The number of benzene rings is 8. The van der Waals surface area contributed by atoms with Gasteiger partial charge in [-0.25, -0.2) is 9.97 Å². The van der Waals surface area contributed by atoms with Gasteiger partial charge in [0.05, 0.1) is 33.1 Å². The number of hydrogen-bond acceptors (Lipinski definition) is 4. The Kier molecular flexibility index (Phi) is 6.02. The Bertz CT molecular complexity index is 3310. The van der Waals surface area contributed by atoms with Crippen molar-refractivity contribution in [2.75, 3.05) is 0 Å². The van der Waals surface area contributed by atoms with Crippen molar-refractivity contribution in [2.24, 2.45) is 0 Å². The van der Waals surface area contributed by atoms with Crippen molar-refractivity contribution in [3.8, 4) is 22.3 Å². The number of nitrogens with zero attached hydrogens (tertiary/aromatic N) is 4. The summed E-state index contributed by atoms with van der Waals surface area (Å²) < 4.78 is 0. The number of rotatable bonds is 2. The first kappa shape index (κ1) is 29.3. The van der Waals surface area contributed by atoms with E-state index in [2.05, 4.69) is 146 Å². The first-order valence-corrected chi connectivity index (χ1v) is 18.3. The van der Waals surface area contributed by atoms with Gasteiger partial charge in [0, 0.05) is 55.8 Å². The number of aromatic nitrogens is 4. The fourth-order valence-corrected chi connectivity index (χ4v) is 8.88. The monoisotopic (exact) mass is 684 g/mol. The standard InChI is InChI=1S/C50H28N4/c1-2-12-34-33(11-1)41-27-31(45-37-13-3-5-15-43(37)53-49-39(45)23-17-29-9-7-25-51-47(29)49)19-21-35(41)36-22-20-32(28-42(34)36)46-38-14-4-6-16-44(38)54-50-40(46)24-18-30-10-8-26-52-48(30)50/h1-28H. The number of para-hydroxylation sites is 2. The Balaban J connectivity index is 1.14. The molecule has 0 spiro atoms. The third-order valence-electron chi connectivity index (χ3n) is 11.3. The van der Waals surface area contributed by atoms with Crippen LogP contribution in [0.3, 0.4) is 0 Å². The summed E-state index contributed by atoms with van der Waals surface area (Å²) >= 11 is 0. The minimum Gasteiger partial charge on any atom is -0.254 e. The second kappa shape index (κ2) is 11.1. The van der Waals surface area contributed by atoms with E-state index < -0.39 is 0 Å². The van der Waals surface area contributed by atoms with E-state index in [-0.39, 0.29) is 0 Å². The van der Waals surface area contributed by atoms with Gasteiger partial charge in [0.25, 0.3) is 0 Å². The molecule has 0 fully saturated rings. The molecule has 0 radical (unpaired) electrons. The molecule has 0 aliphatic rings. The van der Waals surface area contributed by atoms with E-state index in [4.69, 9.17) is 19.9 Å². The van der Waals surface area contributed by atoms with E-state index in [1.165, 1.54) is 43.4 Å². The first-order chi connectivity index (χ1) is 26.8. The minimum absolute atomic E-state index is 0.925. The zero-order valence-electron chi connectivity index (χ0n) is 29.0. The molecule has 0 aliphatic carbocycles. The highest BCUT2D eigenvalue weighted by Gasteiger charge is 2.18. The van der Waals surface area contributed by atoms with Crippen LogP contribution in [-0.2, 0) is 0 Å². The van der Waals surface area contributed by atoms with E-state index >= 15 is 0 Å². The Labute approximate surface area is 309 Å². The van der Waals surface area contributed by atoms with E-state index in [1.54, 1.807) is 0 Å². The van der Waals surface area contributed by atoms with Gasteiger partial charge in [-0.15, -0.1) is 0 Å². The van der Waals surface area contributed by atoms with E-state index in [1.807, 2.05) is 24.5 Å². The van der Waals surface area contributed by atoms with Gasteiger partial charge >= 0.3 is 0 Å². The molecular formula is C50H28N4. The van der Waals surface area contributed by atoms with Gasteiger partial charge in [-0.3, -0.25) is 9.97 Å². The third-order valence-corrected chi connectivity index (χ3v) is 11.3. The second-order valence-electron chi connectivity index (χ2n) is 14.1. The van der Waals surface area contributed by atoms with Crippen LogP contribution in [-0.4, -0.2) is 19.9 Å². The van der Waals surface area contributed by atoms with Gasteiger partial charge in [-0.05, 0) is 79.8 Å². The van der Waals surface area contributed by atoms with Crippen molar-refractivity contribution in [1.82, 2.24) is 19.9 Å². The molecule has 12 aromatic rings. The zero-order valence-corrected chi connectivity index (χ0v) is 29.0. The molecule has 8 aromatic carbocycles. The van der Waals surface area contributed by atoms with Crippen molar-refractivity contribution in [3.63, 3.8) is 0 Å². The van der Waals surface area contributed by atoms with Crippen molar-refractivity contribution >= 4 is 97.7 Å². The normalized spacial score (nSPS) is 12.1. The number of pyridine rings is 4. The second-order valence-corrected chi connectivity index (χ2v) is 14.1. The fraction of sp³-hybridized carbons (Fsp3) is 0. The predicted molar refractivity (Wildman–Crippen MR) is 226 cm³/mol. The molecule has 4 heteroatoms. The molecule has 4 heterocycles. The SMILES string of the molecule is c1cnc2c(c1)ccc1c(-c3ccc4c5ccc(-c6c7ccccc7nc7c6ccc6cccnc67)cc5c5ccccc5c4c3)c3ccccc3nc12. The minimum atomic E-state index is 0.925. The molecule has 0 unspecified atom stereocenters. The zero-order chi connectivity index (χ0) is 35.3. The summed E-state index contributed by atoms with van der Waals surface area (Å²) in [6.45, 7) is 0. The maximum atomic E-state index is 5.16. The summed E-state index contributed by atoms with van der Waals surface area (Å²) in [5.41, 5.74) is 10.3. The molecular weight excluding hydrogens is 657 g/mol. The quantitative estimate of drug-likeness (QED) is 0.134. The first-order valence-electron chi connectivity index (χ1n) is 18.3. The molecule has 4 nitrogen and oxygen atoms in total. The average Bonchev–Trinajstić information content (AvgIpc) is 3.24. The molecule has 4 aromatic heterocycles. The topological polar surface area (TPSA) is 51.6 Å². The van der Waals surface area contributed by atoms with Crippen LogP contribution < -0.4 is 0 Å². The molecule has 54 heavy (non-hydrogen) atoms. The van der Waals surface area contributed by atoms with Crippen LogP contribution in [0.4, 0.5) is 0 Å². The lowest BCUT2D eigenvalue weighted by Gasteiger charge is -2.17. The van der Waals surface area contributed by atoms with E-state index in [0.29, 0.717) is 0 Å². The number of hydrogen-bond donors (Lipinski definition) is 0. The van der Waals surface area contributed by atoms with Crippen molar-refractivity contribution in [1.29, 1.82) is 0 Å². The van der Waals surface area contributed by atoms with Gasteiger partial charge in [0.15, 0.2) is 0 Å². The third kappa shape index (κ3) is 4.13. The van der Waals surface area contributed by atoms with Gasteiger partial charge < -0.3 is 0 Å². The lowest BCUT2D eigenvalue weighted by atomic mass is 9.88. The molecule has 0 saturated heterocycles. The fourth-order valence-electron chi connectivity index (χ4n) is 8.88. The van der Waals surface area contributed by atoms with Gasteiger partial charge in [0.2, 0.25) is 0 Å². The molecule has 0 saturated carbocycles. The van der Waals surface area contributed by atoms with Crippen LogP contribution >= 0.6 is 0 Å². The Morgan fingerprint density at radius 2 is 0.685 bits per heavy atom. The maximum absolute atomic E-state index is 5.16. The smallest absolute Gasteiger partial charge is 0.0978 e. The molecule has 0 amide bonds. The van der Waals surface area contributed by atoms with Crippen molar-refractivity contribution in [2.45, 2.75) is 0 Å². The average molecular weight is 685 g/mol. The van der Waals surface area contributed by atoms with Gasteiger partial charge in [-0.2, -0.15) is 0 Å². The summed E-state index contributed by atoms with van der Waals surface area (Å²) in [5.74, 6) is 0. The Morgan fingerprint density at radius 1 is 0.278 bits per heavy atom. The van der Waals surface area contributed by atoms with Gasteiger partial charge in [0.1, 0.15) is 0 Å². The summed E-state index contributed by atoms with van der Waals surface area (Å²) in [5, 5.41) is 14.0.